The number of fused-ring (bicyclic) bond motifs is 1. The molecule has 0 saturated heterocycles. The van der Waals surface area contributed by atoms with Gasteiger partial charge in [0.15, 0.2) is 5.65 Å². The van der Waals surface area contributed by atoms with Crippen LogP contribution in [0.5, 0.6) is 5.75 Å². The minimum atomic E-state index is -0.463. The van der Waals surface area contributed by atoms with Crippen molar-refractivity contribution in [3.8, 4) is 28.3 Å². The molecule has 3 aromatic heterocycles. The van der Waals surface area contributed by atoms with Crippen molar-refractivity contribution in [3.63, 3.8) is 0 Å². The van der Waals surface area contributed by atoms with Gasteiger partial charge in [-0.2, -0.15) is 0 Å². The Morgan fingerprint density at radius 2 is 1.84 bits per heavy atom. The van der Waals surface area contributed by atoms with Gasteiger partial charge in [-0.3, -0.25) is 19.1 Å². The van der Waals surface area contributed by atoms with Gasteiger partial charge in [-0.05, 0) is 69.3 Å². The molecule has 0 atom stereocenters. The van der Waals surface area contributed by atoms with Crippen molar-refractivity contribution >= 4 is 28.5 Å². The summed E-state index contributed by atoms with van der Waals surface area (Å²) in [7, 11) is 3.39. The standard InChI is InChI=1S/C27H29ClN6O3/c1-27(2,3)33-23(35)15-34-25(19-9-21(37-5)14-30-12-19)32-24-22(26(34)36)10-18(13-31-24)17-6-16(11-29-4)7-20(28)8-17/h6-10,12-14,29H,11,15H2,1-5H3,(H,33,35). The van der Waals surface area contributed by atoms with Crippen LogP contribution in [0.4, 0.5) is 0 Å². The van der Waals surface area contributed by atoms with Crippen LogP contribution in [0.15, 0.2) is 53.7 Å². The van der Waals surface area contributed by atoms with E-state index >= 15 is 0 Å². The second kappa shape index (κ2) is 10.7. The number of carbonyl (C=O) groups is 1. The van der Waals surface area contributed by atoms with Gasteiger partial charge in [-0.25, -0.2) is 9.97 Å². The minimum Gasteiger partial charge on any atom is -0.495 e. The SMILES string of the molecule is CNCc1cc(Cl)cc(-c2cnc3nc(-c4cncc(OC)c4)n(CC(=O)NC(C)(C)C)c(=O)c3c2)c1. The fourth-order valence-corrected chi connectivity index (χ4v) is 4.27. The van der Waals surface area contributed by atoms with Crippen LogP contribution in [-0.4, -0.2) is 45.1 Å². The van der Waals surface area contributed by atoms with E-state index in [9.17, 15) is 9.59 Å². The Bertz CT molecular complexity index is 1530. The summed E-state index contributed by atoms with van der Waals surface area (Å²) in [6.45, 7) is 6.05. The van der Waals surface area contributed by atoms with Crippen LogP contribution in [0.1, 0.15) is 26.3 Å². The third-order valence-corrected chi connectivity index (χ3v) is 5.72. The van der Waals surface area contributed by atoms with E-state index in [-0.39, 0.29) is 29.3 Å². The van der Waals surface area contributed by atoms with Crippen LogP contribution in [0.25, 0.3) is 33.5 Å². The number of hydrogen-bond acceptors (Lipinski definition) is 7. The molecule has 2 N–H and O–H groups in total. The smallest absolute Gasteiger partial charge is 0.263 e. The van der Waals surface area contributed by atoms with Crippen LogP contribution >= 0.6 is 11.6 Å². The van der Waals surface area contributed by atoms with Gasteiger partial charge in [-0.1, -0.05) is 11.6 Å². The molecule has 4 aromatic rings. The summed E-state index contributed by atoms with van der Waals surface area (Å²) >= 11 is 6.35. The van der Waals surface area contributed by atoms with Crippen molar-refractivity contribution in [2.75, 3.05) is 14.2 Å². The molecule has 0 aliphatic rings. The number of pyridine rings is 2. The first-order valence-corrected chi connectivity index (χ1v) is 12.1. The summed E-state index contributed by atoms with van der Waals surface area (Å²) in [5.41, 5.74) is 2.47. The van der Waals surface area contributed by atoms with Gasteiger partial charge < -0.3 is 15.4 Å². The molecule has 37 heavy (non-hydrogen) atoms. The molecule has 1 amide bonds. The first-order chi connectivity index (χ1) is 17.6. The zero-order valence-corrected chi connectivity index (χ0v) is 22.2. The van der Waals surface area contributed by atoms with Crippen LogP contribution < -0.4 is 20.9 Å². The number of nitrogens with zero attached hydrogens (tertiary/aromatic N) is 4. The summed E-state index contributed by atoms with van der Waals surface area (Å²) < 4.78 is 6.64. The lowest BCUT2D eigenvalue weighted by atomic mass is 10.0. The van der Waals surface area contributed by atoms with E-state index in [1.807, 2.05) is 46.0 Å². The van der Waals surface area contributed by atoms with E-state index < -0.39 is 11.1 Å². The largest absolute Gasteiger partial charge is 0.495 e. The first kappa shape index (κ1) is 26.2. The summed E-state index contributed by atoms with van der Waals surface area (Å²) in [4.78, 5) is 40.0. The van der Waals surface area contributed by atoms with Crippen molar-refractivity contribution in [1.29, 1.82) is 0 Å². The molecular formula is C27H29ClN6O3. The van der Waals surface area contributed by atoms with E-state index in [2.05, 4.69) is 25.6 Å². The highest BCUT2D eigenvalue weighted by Crippen LogP contribution is 2.27. The molecule has 0 unspecified atom stereocenters. The molecule has 0 aliphatic carbocycles. The number of rotatable bonds is 7. The molecule has 192 valence electrons. The Kier molecular flexibility index (Phi) is 7.56. The van der Waals surface area contributed by atoms with Crippen LogP contribution in [0, 0.1) is 0 Å². The van der Waals surface area contributed by atoms with E-state index in [4.69, 9.17) is 16.3 Å². The Hall–Kier alpha value is -3.82. The van der Waals surface area contributed by atoms with Gasteiger partial charge in [0.2, 0.25) is 5.91 Å². The number of methoxy groups -OCH3 is 1. The summed E-state index contributed by atoms with van der Waals surface area (Å²) in [6.07, 6.45) is 4.78. The molecule has 0 aliphatic heterocycles. The highest BCUT2D eigenvalue weighted by Gasteiger charge is 2.20. The maximum atomic E-state index is 13.8. The normalized spacial score (nSPS) is 11.5. The van der Waals surface area contributed by atoms with Gasteiger partial charge in [0.25, 0.3) is 5.56 Å². The lowest BCUT2D eigenvalue weighted by Gasteiger charge is -2.21. The fourth-order valence-electron chi connectivity index (χ4n) is 4.01. The van der Waals surface area contributed by atoms with Crippen molar-refractivity contribution in [2.45, 2.75) is 39.4 Å². The lowest BCUT2D eigenvalue weighted by molar-refractivity contribution is -0.123. The van der Waals surface area contributed by atoms with Gasteiger partial charge in [0.05, 0.1) is 18.7 Å². The molecule has 4 rings (SSSR count). The molecule has 3 heterocycles. The molecule has 0 bridgehead atoms. The highest BCUT2D eigenvalue weighted by molar-refractivity contribution is 6.31. The Labute approximate surface area is 219 Å². The number of amides is 1. The average molecular weight is 521 g/mol. The van der Waals surface area contributed by atoms with Crippen LogP contribution in [0.2, 0.25) is 5.02 Å². The second-order valence-electron chi connectivity index (χ2n) is 9.71. The second-order valence-corrected chi connectivity index (χ2v) is 10.1. The predicted octanol–water partition coefficient (Wildman–Crippen LogP) is 3.82. The monoisotopic (exact) mass is 520 g/mol. The molecule has 0 fully saturated rings. The highest BCUT2D eigenvalue weighted by atomic mass is 35.5. The fraction of sp³-hybridized carbons (Fsp3) is 0.296. The first-order valence-electron chi connectivity index (χ1n) is 11.7. The minimum absolute atomic E-state index is 0.223. The number of carbonyl (C=O) groups excluding carboxylic acids is 1. The molecular weight excluding hydrogens is 492 g/mol. The Morgan fingerprint density at radius 3 is 2.54 bits per heavy atom. The molecule has 0 saturated carbocycles. The van der Waals surface area contributed by atoms with E-state index in [1.54, 1.807) is 30.7 Å². The van der Waals surface area contributed by atoms with Crippen molar-refractivity contribution in [3.05, 3.63) is 69.9 Å². The number of nitrogens with one attached hydrogen (secondary N) is 2. The molecule has 9 nitrogen and oxygen atoms in total. The Balaban J connectivity index is 1.90. The van der Waals surface area contributed by atoms with E-state index in [1.165, 1.54) is 11.7 Å². The van der Waals surface area contributed by atoms with Gasteiger partial charge in [0.1, 0.15) is 18.1 Å². The number of aromatic nitrogens is 4. The van der Waals surface area contributed by atoms with Gasteiger partial charge in [-0.15, -0.1) is 0 Å². The molecule has 10 heteroatoms. The number of hydrogen-bond donors (Lipinski definition) is 2. The van der Waals surface area contributed by atoms with Crippen molar-refractivity contribution in [2.24, 2.45) is 0 Å². The van der Waals surface area contributed by atoms with Crippen LogP contribution in [0.3, 0.4) is 0 Å². The molecule has 0 spiro atoms. The lowest BCUT2D eigenvalue weighted by Crippen LogP contribution is -2.43. The van der Waals surface area contributed by atoms with E-state index in [0.717, 1.165) is 11.1 Å². The van der Waals surface area contributed by atoms with E-state index in [0.29, 0.717) is 28.4 Å². The predicted molar refractivity (Wildman–Crippen MR) is 145 cm³/mol. The molecule has 1 aromatic carbocycles. The van der Waals surface area contributed by atoms with Crippen molar-refractivity contribution in [1.82, 2.24) is 30.2 Å². The number of benzene rings is 1. The molecule has 0 radical (unpaired) electrons. The average Bonchev–Trinajstić information content (AvgIpc) is 2.84. The van der Waals surface area contributed by atoms with Gasteiger partial charge >= 0.3 is 0 Å². The Morgan fingerprint density at radius 1 is 1.05 bits per heavy atom. The quantitative estimate of drug-likeness (QED) is 0.381. The number of ether oxygens (including phenoxy) is 1. The topological polar surface area (TPSA) is 111 Å². The third-order valence-electron chi connectivity index (χ3n) is 5.50. The van der Waals surface area contributed by atoms with Crippen molar-refractivity contribution < 1.29 is 9.53 Å². The summed E-state index contributed by atoms with van der Waals surface area (Å²) in [5.74, 6) is 0.454. The maximum Gasteiger partial charge on any atom is 0.263 e. The van der Waals surface area contributed by atoms with Crippen LogP contribution in [-0.2, 0) is 17.9 Å². The van der Waals surface area contributed by atoms with Gasteiger partial charge in [0, 0.05) is 40.6 Å². The summed E-state index contributed by atoms with van der Waals surface area (Å²) in [6, 6.07) is 9.14. The zero-order valence-electron chi connectivity index (χ0n) is 21.4. The number of halogens is 1. The zero-order chi connectivity index (χ0) is 26.7. The summed E-state index contributed by atoms with van der Waals surface area (Å²) in [5, 5.41) is 6.88. The maximum absolute atomic E-state index is 13.8. The third kappa shape index (κ3) is 6.12.